The van der Waals surface area contributed by atoms with Crippen molar-refractivity contribution < 1.29 is 19.4 Å². The molecule has 0 amide bonds. The van der Waals surface area contributed by atoms with E-state index in [2.05, 4.69) is 9.97 Å². The zero-order chi connectivity index (χ0) is 15.1. The highest BCUT2D eigenvalue weighted by molar-refractivity contribution is 5.85. The molecule has 0 fully saturated rings. The maximum Gasteiger partial charge on any atom is 0.328 e. The Labute approximate surface area is 121 Å². The van der Waals surface area contributed by atoms with Gasteiger partial charge in [0.15, 0.2) is 0 Å². The largest absolute Gasteiger partial charge is 0.494 e. The van der Waals surface area contributed by atoms with Crippen molar-refractivity contribution in [2.24, 2.45) is 0 Å². The first-order chi connectivity index (χ1) is 10.2. The number of aromatic nitrogens is 2. The van der Waals surface area contributed by atoms with Crippen molar-refractivity contribution in [1.82, 2.24) is 9.97 Å². The van der Waals surface area contributed by atoms with Crippen LogP contribution >= 0.6 is 0 Å². The quantitative estimate of drug-likeness (QED) is 0.822. The van der Waals surface area contributed by atoms with Gasteiger partial charge in [-0.15, -0.1) is 0 Å². The van der Waals surface area contributed by atoms with Gasteiger partial charge in [0.1, 0.15) is 11.5 Å². The first-order valence-electron chi connectivity index (χ1n) is 6.31. The molecule has 0 unspecified atom stereocenters. The third-order valence-corrected chi connectivity index (χ3v) is 2.41. The number of ether oxygens (including phenoxy) is 2. The van der Waals surface area contributed by atoms with E-state index in [1.54, 1.807) is 24.3 Å². The van der Waals surface area contributed by atoms with Gasteiger partial charge in [-0.05, 0) is 37.3 Å². The van der Waals surface area contributed by atoms with Crippen LogP contribution in [0.2, 0.25) is 0 Å². The lowest BCUT2D eigenvalue weighted by Crippen LogP contribution is -1.93. The Kier molecular flexibility index (Phi) is 4.87. The number of carboxylic acid groups (broad SMARTS) is 1. The molecule has 0 aliphatic rings. The van der Waals surface area contributed by atoms with Gasteiger partial charge < -0.3 is 14.6 Å². The van der Waals surface area contributed by atoms with Crippen molar-refractivity contribution in [2.45, 2.75) is 6.92 Å². The fraction of sp³-hybridized carbons (Fsp3) is 0.133. The number of hydrogen-bond acceptors (Lipinski definition) is 5. The molecule has 1 heterocycles. The van der Waals surface area contributed by atoms with Crippen LogP contribution in [-0.4, -0.2) is 27.7 Å². The highest BCUT2D eigenvalue weighted by Crippen LogP contribution is 2.21. The summed E-state index contributed by atoms with van der Waals surface area (Å²) in [5.41, 5.74) is 0.580. The lowest BCUT2D eigenvalue weighted by Gasteiger charge is -2.05. The number of aliphatic carboxylic acids is 1. The van der Waals surface area contributed by atoms with Crippen LogP contribution in [0, 0.1) is 0 Å². The molecule has 2 aromatic rings. The molecule has 0 bridgehead atoms. The summed E-state index contributed by atoms with van der Waals surface area (Å²) in [6.45, 7) is 2.52. The van der Waals surface area contributed by atoms with Crippen molar-refractivity contribution in [2.75, 3.05) is 6.61 Å². The van der Waals surface area contributed by atoms with Gasteiger partial charge in [0.2, 0.25) is 0 Å². The Morgan fingerprint density at radius 1 is 1.19 bits per heavy atom. The van der Waals surface area contributed by atoms with Crippen molar-refractivity contribution in [3.63, 3.8) is 0 Å². The van der Waals surface area contributed by atoms with Gasteiger partial charge in [0, 0.05) is 24.0 Å². The van der Waals surface area contributed by atoms with E-state index in [9.17, 15) is 4.79 Å². The molecule has 6 heteroatoms. The molecular formula is C15H14N2O4. The molecule has 0 spiro atoms. The molecule has 2 rings (SSSR count). The van der Waals surface area contributed by atoms with E-state index in [1.165, 1.54) is 18.5 Å². The molecule has 0 saturated carbocycles. The van der Waals surface area contributed by atoms with Crippen molar-refractivity contribution in [3.05, 3.63) is 48.3 Å². The Morgan fingerprint density at radius 3 is 2.38 bits per heavy atom. The summed E-state index contributed by atoms with van der Waals surface area (Å²) in [5.74, 6) is 0.330. The summed E-state index contributed by atoms with van der Waals surface area (Å²) >= 11 is 0. The minimum Gasteiger partial charge on any atom is -0.494 e. The number of carbonyl (C=O) groups is 1. The molecule has 0 saturated heterocycles. The lowest BCUT2D eigenvalue weighted by atomic mass is 10.3. The minimum atomic E-state index is -1.02. The Balaban J connectivity index is 2.01. The number of rotatable bonds is 6. The summed E-state index contributed by atoms with van der Waals surface area (Å²) in [4.78, 5) is 18.4. The fourth-order valence-corrected chi connectivity index (χ4v) is 1.51. The summed E-state index contributed by atoms with van der Waals surface area (Å²) in [6.07, 6.45) is 5.39. The maximum atomic E-state index is 10.4. The van der Waals surface area contributed by atoms with Crippen LogP contribution in [-0.2, 0) is 4.79 Å². The van der Waals surface area contributed by atoms with Gasteiger partial charge in [-0.1, -0.05) is 0 Å². The van der Waals surface area contributed by atoms with Gasteiger partial charge in [-0.2, -0.15) is 0 Å². The molecule has 1 aromatic heterocycles. The zero-order valence-corrected chi connectivity index (χ0v) is 11.4. The average Bonchev–Trinajstić information content (AvgIpc) is 2.49. The first kappa shape index (κ1) is 14.5. The molecule has 0 aliphatic heterocycles. The predicted molar refractivity (Wildman–Crippen MR) is 76.4 cm³/mol. The van der Waals surface area contributed by atoms with Gasteiger partial charge in [0.05, 0.1) is 6.61 Å². The van der Waals surface area contributed by atoms with Crippen LogP contribution in [0.1, 0.15) is 12.5 Å². The van der Waals surface area contributed by atoms with E-state index in [0.717, 1.165) is 11.8 Å². The van der Waals surface area contributed by atoms with Crippen molar-refractivity contribution in [3.8, 4) is 17.5 Å². The molecule has 21 heavy (non-hydrogen) atoms. The summed E-state index contributed by atoms with van der Waals surface area (Å²) in [6, 6.07) is 7.29. The highest BCUT2D eigenvalue weighted by atomic mass is 16.5. The Morgan fingerprint density at radius 2 is 1.81 bits per heavy atom. The Hall–Kier alpha value is -2.89. The topological polar surface area (TPSA) is 81.5 Å². The van der Waals surface area contributed by atoms with E-state index < -0.39 is 5.97 Å². The second-order valence-electron chi connectivity index (χ2n) is 3.98. The third kappa shape index (κ3) is 4.61. The van der Waals surface area contributed by atoms with Crippen LogP contribution in [0.15, 0.2) is 42.7 Å². The van der Waals surface area contributed by atoms with Crippen LogP contribution in [0.4, 0.5) is 0 Å². The fourth-order valence-electron chi connectivity index (χ4n) is 1.51. The number of carboxylic acids is 1. The van der Waals surface area contributed by atoms with Gasteiger partial charge in [-0.25, -0.2) is 14.8 Å². The van der Waals surface area contributed by atoms with E-state index in [1.807, 2.05) is 6.92 Å². The lowest BCUT2D eigenvalue weighted by molar-refractivity contribution is -0.131. The predicted octanol–water partition coefficient (Wildman–Crippen LogP) is 2.77. The smallest absolute Gasteiger partial charge is 0.328 e. The summed E-state index contributed by atoms with van der Waals surface area (Å²) in [5, 5.41) is 8.52. The minimum absolute atomic E-state index is 0.187. The monoisotopic (exact) mass is 286 g/mol. The molecule has 1 aromatic carbocycles. The summed E-state index contributed by atoms with van der Waals surface area (Å²) < 4.78 is 10.8. The molecule has 1 N–H and O–H groups in total. The van der Waals surface area contributed by atoms with E-state index in [4.69, 9.17) is 14.6 Å². The maximum absolute atomic E-state index is 10.4. The van der Waals surface area contributed by atoms with E-state index >= 15 is 0 Å². The van der Waals surface area contributed by atoms with Crippen molar-refractivity contribution >= 4 is 12.0 Å². The van der Waals surface area contributed by atoms with Crippen molar-refractivity contribution in [1.29, 1.82) is 0 Å². The Bertz CT molecular complexity index is 621. The molecule has 0 radical (unpaired) electrons. The second kappa shape index (κ2) is 7.04. The molecule has 0 atom stereocenters. The van der Waals surface area contributed by atoms with E-state index in [-0.39, 0.29) is 6.01 Å². The molecule has 108 valence electrons. The average molecular weight is 286 g/mol. The van der Waals surface area contributed by atoms with Crippen LogP contribution in [0.5, 0.6) is 17.5 Å². The van der Waals surface area contributed by atoms with Crippen LogP contribution < -0.4 is 9.47 Å². The molecule has 6 nitrogen and oxygen atoms in total. The third-order valence-electron chi connectivity index (χ3n) is 2.41. The number of nitrogens with zero attached hydrogens (tertiary/aromatic N) is 2. The van der Waals surface area contributed by atoms with Gasteiger partial charge in [-0.3, -0.25) is 0 Å². The first-order valence-corrected chi connectivity index (χ1v) is 6.31. The van der Waals surface area contributed by atoms with Gasteiger partial charge >= 0.3 is 12.0 Å². The van der Waals surface area contributed by atoms with Crippen LogP contribution in [0.25, 0.3) is 6.08 Å². The highest BCUT2D eigenvalue weighted by Gasteiger charge is 2.01. The SMILES string of the molecule is CCOc1ccc(Oc2ncc(/C=C/C(=O)O)cn2)cc1. The molecule has 0 aliphatic carbocycles. The van der Waals surface area contributed by atoms with Crippen LogP contribution in [0.3, 0.4) is 0 Å². The van der Waals surface area contributed by atoms with E-state index in [0.29, 0.717) is 17.9 Å². The second-order valence-corrected chi connectivity index (χ2v) is 3.98. The normalized spacial score (nSPS) is 10.5. The summed E-state index contributed by atoms with van der Waals surface area (Å²) in [7, 11) is 0. The van der Waals surface area contributed by atoms with Gasteiger partial charge in [0.25, 0.3) is 0 Å². The zero-order valence-electron chi connectivity index (χ0n) is 11.4. The standard InChI is InChI=1S/C15H14N2O4/c1-2-20-12-4-6-13(7-5-12)21-15-16-9-11(10-17-15)3-8-14(18)19/h3-10H,2H2,1H3,(H,18,19)/b8-3+. The number of hydrogen-bond donors (Lipinski definition) is 1. The number of benzene rings is 1. The molecular weight excluding hydrogens is 272 g/mol.